The van der Waals surface area contributed by atoms with Crippen LogP contribution >= 0.6 is 0 Å². The minimum Gasteiger partial charge on any atom is -0.420 e. The second kappa shape index (κ2) is 20.0. The fourth-order valence-corrected chi connectivity index (χ4v) is 4.64. The van der Waals surface area contributed by atoms with Gasteiger partial charge in [-0.25, -0.2) is 8.78 Å². The summed E-state index contributed by atoms with van der Waals surface area (Å²) in [5.74, 6) is -3.65. The quantitative estimate of drug-likeness (QED) is 0.0488. The molecule has 0 aliphatic carbocycles. The molecule has 1 N–H and O–H groups in total. The van der Waals surface area contributed by atoms with E-state index in [4.69, 9.17) is 18.9 Å². The molecule has 0 bridgehead atoms. The number of nitrogens with zero attached hydrogens (tertiary/aromatic N) is 1. The molecule has 0 fully saturated rings. The lowest BCUT2D eigenvalue weighted by Crippen LogP contribution is -2.34. The SMILES string of the molecule is O=C(CCC(=O)N1Cc2ccccc2C#Cc2ccccc21)NCCOCCOCCOCCOCCC(=O)Oc1c(F)c(F)cc(F)c1F. The van der Waals surface area contributed by atoms with Gasteiger partial charge in [0.2, 0.25) is 29.2 Å². The maximum atomic E-state index is 13.6. The van der Waals surface area contributed by atoms with Crippen molar-refractivity contribution in [2.75, 3.05) is 64.3 Å². The van der Waals surface area contributed by atoms with E-state index in [-0.39, 0.29) is 76.9 Å². The number of fused-ring (bicyclic) bond motifs is 2. The zero-order valence-corrected chi connectivity index (χ0v) is 27.1. The molecule has 0 saturated carbocycles. The number of ether oxygens (including phenoxy) is 5. The topological polar surface area (TPSA) is 113 Å². The fourth-order valence-electron chi connectivity index (χ4n) is 4.64. The van der Waals surface area contributed by atoms with Crippen molar-refractivity contribution < 1.29 is 55.6 Å². The van der Waals surface area contributed by atoms with Crippen molar-refractivity contribution in [1.29, 1.82) is 0 Å². The van der Waals surface area contributed by atoms with Crippen LogP contribution in [0.4, 0.5) is 23.2 Å². The molecule has 266 valence electrons. The third kappa shape index (κ3) is 11.7. The molecular formula is C36H36F4N2O8. The highest BCUT2D eigenvalue weighted by Crippen LogP contribution is 2.27. The Kier molecular flexibility index (Phi) is 15.2. The van der Waals surface area contributed by atoms with Crippen molar-refractivity contribution in [3.63, 3.8) is 0 Å². The van der Waals surface area contributed by atoms with Crippen molar-refractivity contribution in [2.45, 2.75) is 25.8 Å². The first-order valence-corrected chi connectivity index (χ1v) is 15.8. The molecular weight excluding hydrogens is 664 g/mol. The molecule has 3 aromatic carbocycles. The van der Waals surface area contributed by atoms with Gasteiger partial charge >= 0.3 is 5.97 Å². The van der Waals surface area contributed by atoms with E-state index in [0.717, 1.165) is 22.4 Å². The monoisotopic (exact) mass is 700 g/mol. The van der Waals surface area contributed by atoms with Crippen LogP contribution in [0.3, 0.4) is 0 Å². The predicted molar refractivity (Wildman–Crippen MR) is 172 cm³/mol. The van der Waals surface area contributed by atoms with Gasteiger partial charge in [-0.2, -0.15) is 8.78 Å². The van der Waals surface area contributed by atoms with Crippen LogP contribution in [0, 0.1) is 35.1 Å². The van der Waals surface area contributed by atoms with Gasteiger partial charge in [-0.3, -0.25) is 14.4 Å². The van der Waals surface area contributed by atoms with Crippen LogP contribution in [0.5, 0.6) is 5.75 Å². The van der Waals surface area contributed by atoms with E-state index in [0.29, 0.717) is 19.8 Å². The highest BCUT2D eigenvalue weighted by molar-refractivity contribution is 5.96. The Morgan fingerprint density at radius 3 is 1.92 bits per heavy atom. The third-order valence-corrected chi connectivity index (χ3v) is 7.16. The average molecular weight is 701 g/mol. The van der Waals surface area contributed by atoms with Crippen molar-refractivity contribution in [1.82, 2.24) is 5.32 Å². The highest BCUT2D eigenvalue weighted by Gasteiger charge is 2.23. The molecule has 3 aromatic rings. The van der Waals surface area contributed by atoms with E-state index in [9.17, 15) is 31.9 Å². The number of para-hydroxylation sites is 1. The molecule has 2 amide bonds. The number of nitrogens with one attached hydrogen (secondary N) is 1. The van der Waals surface area contributed by atoms with Gasteiger partial charge in [0.25, 0.3) is 0 Å². The average Bonchev–Trinajstić information content (AvgIpc) is 3.10. The second-order valence-corrected chi connectivity index (χ2v) is 10.7. The zero-order chi connectivity index (χ0) is 35.7. The Labute approximate surface area is 286 Å². The molecule has 1 aliphatic rings. The molecule has 1 heterocycles. The molecule has 0 spiro atoms. The van der Waals surface area contributed by atoms with Crippen LogP contribution in [-0.4, -0.2) is 77.2 Å². The van der Waals surface area contributed by atoms with E-state index in [1.807, 2.05) is 48.5 Å². The molecule has 50 heavy (non-hydrogen) atoms. The minimum absolute atomic E-state index is 0.0105. The predicted octanol–water partition coefficient (Wildman–Crippen LogP) is 4.45. The number of anilines is 1. The molecule has 0 unspecified atom stereocenters. The standard InChI is InChI=1S/C36H36F4N2O8/c37-28-23-29(38)35(40)36(34(28)39)50-33(45)13-15-46-17-19-48-21-22-49-20-18-47-16-14-41-31(43)11-12-32(44)42-24-27-7-2-1-5-25(27)9-10-26-6-3-4-8-30(26)42/h1-8,23H,11-22,24H2,(H,41,43). The van der Waals surface area contributed by atoms with Crippen molar-refractivity contribution in [2.24, 2.45) is 0 Å². The van der Waals surface area contributed by atoms with Gasteiger partial charge < -0.3 is 33.9 Å². The van der Waals surface area contributed by atoms with Gasteiger partial charge in [-0.15, -0.1) is 0 Å². The van der Waals surface area contributed by atoms with Gasteiger partial charge in [-0.05, 0) is 23.8 Å². The number of halogens is 4. The Bertz CT molecular complexity index is 1670. The summed E-state index contributed by atoms with van der Waals surface area (Å²) >= 11 is 0. The van der Waals surface area contributed by atoms with Crippen LogP contribution in [0.1, 0.15) is 36.0 Å². The number of benzene rings is 3. The van der Waals surface area contributed by atoms with Crippen LogP contribution < -0.4 is 15.0 Å². The van der Waals surface area contributed by atoms with E-state index < -0.39 is 41.4 Å². The van der Waals surface area contributed by atoms with Crippen molar-refractivity contribution >= 4 is 23.5 Å². The summed E-state index contributed by atoms with van der Waals surface area (Å²) in [4.78, 5) is 39.0. The Hall–Kier alpha value is -4.81. The van der Waals surface area contributed by atoms with E-state index in [1.165, 1.54) is 0 Å². The number of amides is 2. The largest absolute Gasteiger partial charge is 0.420 e. The van der Waals surface area contributed by atoms with Crippen LogP contribution in [0.15, 0.2) is 54.6 Å². The van der Waals surface area contributed by atoms with Gasteiger partial charge in [0, 0.05) is 36.6 Å². The summed E-state index contributed by atoms with van der Waals surface area (Å²) in [5.41, 5.74) is 3.27. The molecule has 1 aliphatic heterocycles. The molecule has 14 heteroatoms. The number of esters is 1. The maximum Gasteiger partial charge on any atom is 0.313 e. The van der Waals surface area contributed by atoms with Gasteiger partial charge in [0.15, 0.2) is 11.6 Å². The van der Waals surface area contributed by atoms with E-state index >= 15 is 0 Å². The first-order valence-electron chi connectivity index (χ1n) is 15.8. The van der Waals surface area contributed by atoms with Crippen molar-refractivity contribution in [3.05, 3.63) is 94.6 Å². The minimum atomic E-state index is -1.81. The Morgan fingerprint density at radius 2 is 1.24 bits per heavy atom. The van der Waals surface area contributed by atoms with Gasteiger partial charge in [-0.1, -0.05) is 42.2 Å². The molecule has 0 aromatic heterocycles. The number of rotatable bonds is 19. The molecule has 4 rings (SSSR count). The zero-order valence-electron chi connectivity index (χ0n) is 27.1. The third-order valence-electron chi connectivity index (χ3n) is 7.16. The second-order valence-electron chi connectivity index (χ2n) is 10.7. The lowest BCUT2D eigenvalue weighted by molar-refractivity contribution is -0.136. The fraction of sp³-hybridized carbons (Fsp3) is 0.361. The van der Waals surface area contributed by atoms with Crippen LogP contribution in [-0.2, 0) is 39.9 Å². The van der Waals surface area contributed by atoms with Crippen molar-refractivity contribution in [3.8, 4) is 17.6 Å². The summed E-state index contributed by atoms with van der Waals surface area (Å²) < 4.78 is 79.2. The summed E-state index contributed by atoms with van der Waals surface area (Å²) in [6.45, 7) is 2.14. The first kappa shape index (κ1) is 38.0. The highest BCUT2D eigenvalue weighted by atomic mass is 19.2. The smallest absolute Gasteiger partial charge is 0.313 e. The van der Waals surface area contributed by atoms with Crippen LogP contribution in [0.2, 0.25) is 0 Å². The number of carbonyl (C=O) groups excluding carboxylic acids is 3. The van der Waals surface area contributed by atoms with Gasteiger partial charge in [0.1, 0.15) is 0 Å². The first-order chi connectivity index (χ1) is 24.2. The summed E-state index contributed by atoms with van der Waals surface area (Å²) in [6.07, 6.45) is -0.337. The summed E-state index contributed by atoms with van der Waals surface area (Å²) in [6, 6.07) is 15.2. The Balaban J connectivity index is 0.978. The number of carbonyl (C=O) groups is 3. The van der Waals surface area contributed by atoms with E-state index in [1.54, 1.807) is 4.90 Å². The van der Waals surface area contributed by atoms with E-state index in [2.05, 4.69) is 21.9 Å². The molecule has 0 saturated heterocycles. The molecule has 0 atom stereocenters. The number of hydrogen-bond donors (Lipinski definition) is 1. The maximum absolute atomic E-state index is 13.6. The molecule has 10 nitrogen and oxygen atoms in total. The summed E-state index contributed by atoms with van der Waals surface area (Å²) in [7, 11) is 0. The summed E-state index contributed by atoms with van der Waals surface area (Å²) in [5, 5.41) is 2.75. The Morgan fingerprint density at radius 1 is 0.680 bits per heavy atom. The van der Waals surface area contributed by atoms with Gasteiger partial charge in [0.05, 0.1) is 71.5 Å². The lowest BCUT2D eigenvalue weighted by atomic mass is 10.0. The molecule has 0 radical (unpaired) electrons. The normalized spacial score (nSPS) is 11.8. The van der Waals surface area contributed by atoms with Crippen LogP contribution in [0.25, 0.3) is 0 Å². The lowest BCUT2D eigenvalue weighted by Gasteiger charge is -2.26. The number of hydrogen-bond acceptors (Lipinski definition) is 8.